The second kappa shape index (κ2) is 21.8. The van der Waals surface area contributed by atoms with Crippen molar-refractivity contribution in [3.05, 3.63) is 35.9 Å². The first kappa shape index (κ1) is 22.7. The van der Waals surface area contributed by atoms with Gasteiger partial charge in [-0.15, -0.1) is 0 Å². The minimum absolute atomic E-state index is 0. The second-order valence-corrected chi connectivity index (χ2v) is 3.12. The molecule has 0 aromatic heterocycles. The van der Waals surface area contributed by atoms with Gasteiger partial charge in [-0.3, -0.25) is 0 Å². The van der Waals surface area contributed by atoms with Crippen LogP contribution in [-0.4, -0.2) is 25.1 Å². The average Bonchev–Trinajstić information content (AvgIpc) is 2.41. The third-order valence-corrected chi connectivity index (χ3v) is 1.63. The molecule has 0 saturated carbocycles. The SMILES string of the molecule is C.CC#CO.CCOCOCC.Cc1ccccc1. The lowest BCUT2D eigenvalue weighted by Gasteiger charge is -1.97. The predicted octanol–water partition coefficient (Wildman–Crippen LogP) is 3.99. The summed E-state index contributed by atoms with van der Waals surface area (Å²) in [6.45, 7) is 9.45. The van der Waals surface area contributed by atoms with E-state index >= 15 is 0 Å². The van der Waals surface area contributed by atoms with E-state index in [1.165, 1.54) is 5.56 Å². The van der Waals surface area contributed by atoms with E-state index in [1.54, 1.807) is 13.0 Å². The van der Waals surface area contributed by atoms with Gasteiger partial charge in [0.1, 0.15) is 12.9 Å². The predicted molar refractivity (Wildman–Crippen MR) is 81.4 cm³/mol. The Morgan fingerprint density at radius 1 is 1.05 bits per heavy atom. The van der Waals surface area contributed by atoms with E-state index in [1.807, 2.05) is 32.0 Å². The minimum atomic E-state index is 0. The Kier molecular flexibility index (Phi) is 25.9. The number of ether oxygens (including phenoxy) is 2. The number of rotatable bonds is 4. The summed E-state index contributed by atoms with van der Waals surface area (Å²) in [5, 5.41) is 7.51. The standard InChI is InChI=1S/C7H8.C5H12O2.C3H4O.CH4/c1-7-5-3-2-4-6-7;1-3-6-5-7-4-2;1-2-3-4;/h2-6H,1H3;3-5H2,1-2H3;4H,1H3;1H4. The highest BCUT2D eigenvalue weighted by molar-refractivity contribution is 5.11. The van der Waals surface area contributed by atoms with Crippen molar-refractivity contribution in [3.8, 4) is 12.0 Å². The Labute approximate surface area is 118 Å². The van der Waals surface area contributed by atoms with Crippen LogP contribution >= 0.6 is 0 Å². The maximum Gasteiger partial charge on any atom is 0.146 e. The van der Waals surface area contributed by atoms with Gasteiger partial charge in [0.2, 0.25) is 0 Å². The van der Waals surface area contributed by atoms with E-state index in [9.17, 15) is 0 Å². The normalized spacial score (nSPS) is 7.37. The Bertz CT molecular complexity index is 289. The van der Waals surface area contributed by atoms with Crippen LogP contribution < -0.4 is 0 Å². The second-order valence-electron chi connectivity index (χ2n) is 3.12. The van der Waals surface area contributed by atoms with Gasteiger partial charge in [0.05, 0.1) is 0 Å². The molecule has 19 heavy (non-hydrogen) atoms. The molecular formula is C16H28O3. The molecule has 0 bridgehead atoms. The monoisotopic (exact) mass is 268 g/mol. The molecular weight excluding hydrogens is 240 g/mol. The molecule has 0 amide bonds. The van der Waals surface area contributed by atoms with Crippen molar-refractivity contribution < 1.29 is 14.6 Å². The molecule has 1 N–H and O–H groups in total. The molecule has 0 fully saturated rings. The zero-order chi connectivity index (χ0) is 14.1. The fraction of sp³-hybridized carbons (Fsp3) is 0.500. The highest BCUT2D eigenvalue weighted by Gasteiger charge is 1.76. The zero-order valence-electron chi connectivity index (χ0n) is 11.8. The van der Waals surface area contributed by atoms with Gasteiger partial charge in [0.15, 0.2) is 0 Å². The van der Waals surface area contributed by atoms with Gasteiger partial charge in [-0.1, -0.05) is 49.2 Å². The first-order valence-electron chi connectivity index (χ1n) is 5.95. The van der Waals surface area contributed by atoms with Crippen molar-refractivity contribution in [1.82, 2.24) is 0 Å². The molecule has 1 rings (SSSR count). The molecule has 0 saturated heterocycles. The van der Waals surface area contributed by atoms with E-state index in [0.29, 0.717) is 6.79 Å². The van der Waals surface area contributed by atoms with E-state index in [2.05, 4.69) is 25.0 Å². The molecule has 0 radical (unpaired) electrons. The fourth-order valence-electron chi connectivity index (χ4n) is 0.760. The van der Waals surface area contributed by atoms with Crippen molar-refractivity contribution in [3.63, 3.8) is 0 Å². The number of hydrogen-bond donors (Lipinski definition) is 1. The maximum absolute atomic E-state index is 7.51. The lowest BCUT2D eigenvalue weighted by molar-refractivity contribution is -0.0445. The van der Waals surface area contributed by atoms with Crippen LogP contribution in [-0.2, 0) is 9.47 Å². The van der Waals surface area contributed by atoms with Crippen LogP contribution in [0, 0.1) is 19.0 Å². The van der Waals surface area contributed by atoms with Crippen LogP contribution in [0.3, 0.4) is 0 Å². The molecule has 3 heteroatoms. The molecule has 0 heterocycles. The Morgan fingerprint density at radius 3 is 1.68 bits per heavy atom. The molecule has 110 valence electrons. The number of aliphatic hydroxyl groups is 1. The highest BCUT2D eigenvalue weighted by Crippen LogP contribution is 1.92. The number of aliphatic hydroxyl groups excluding tert-OH is 1. The highest BCUT2D eigenvalue weighted by atomic mass is 16.7. The van der Waals surface area contributed by atoms with Crippen molar-refractivity contribution in [2.75, 3.05) is 20.0 Å². The van der Waals surface area contributed by atoms with Crippen LogP contribution in [0.1, 0.15) is 33.8 Å². The smallest absolute Gasteiger partial charge is 0.146 e. The average molecular weight is 268 g/mol. The first-order valence-corrected chi connectivity index (χ1v) is 5.95. The van der Waals surface area contributed by atoms with Gasteiger partial charge in [-0.25, -0.2) is 0 Å². The van der Waals surface area contributed by atoms with Gasteiger partial charge in [0, 0.05) is 20.1 Å². The number of aryl methyl sites for hydroxylation is 1. The molecule has 3 nitrogen and oxygen atoms in total. The zero-order valence-corrected chi connectivity index (χ0v) is 11.8. The molecule has 0 unspecified atom stereocenters. The van der Waals surface area contributed by atoms with Crippen LogP contribution in [0.15, 0.2) is 30.3 Å². The van der Waals surface area contributed by atoms with E-state index in [4.69, 9.17) is 14.6 Å². The number of benzene rings is 1. The summed E-state index contributed by atoms with van der Waals surface area (Å²) in [4.78, 5) is 0. The lowest BCUT2D eigenvalue weighted by atomic mass is 10.2. The molecule has 1 aromatic carbocycles. The number of hydrogen-bond acceptors (Lipinski definition) is 3. The Balaban J connectivity index is -0.000000205. The fourth-order valence-corrected chi connectivity index (χ4v) is 0.760. The molecule has 0 aliphatic heterocycles. The third-order valence-electron chi connectivity index (χ3n) is 1.63. The lowest BCUT2D eigenvalue weighted by Crippen LogP contribution is -1.97. The van der Waals surface area contributed by atoms with Crippen LogP contribution in [0.2, 0.25) is 0 Å². The van der Waals surface area contributed by atoms with Crippen LogP contribution in [0.4, 0.5) is 0 Å². The van der Waals surface area contributed by atoms with Gasteiger partial charge in [-0.05, 0) is 20.8 Å². The summed E-state index contributed by atoms with van der Waals surface area (Å²) < 4.78 is 9.70. The maximum atomic E-state index is 7.51. The first-order chi connectivity index (χ1) is 8.72. The quantitative estimate of drug-likeness (QED) is 0.510. The third kappa shape index (κ3) is 26.2. The van der Waals surface area contributed by atoms with Gasteiger partial charge >= 0.3 is 0 Å². The van der Waals surface area contributed by atoms with E-state index in [0.717, 1.165) is 13.2 Å². The van der Waals surface area contributed by atoms with Crippen molar-refractivity contribution in [1.29, 1.82) is 0 Å². The Morgan fingerprint density at radius 2 is 1.47 bits per heavy atom. The topological polar surface area (TPSA) is 38.7 Å². The summed E-state index contributed by atoms with van der Waals surface area (Å²) in [7, 11) is 0. The summed E-state index contributed by atoms with van der Waals surface area (Å²) in [6.07, 6.45) is 1.68. The van der Waals surface area contributed by atoms with Gasteiger partial charge < -0.3 is 14.6 Å². The summed E-state index contributed by atoms with van der Waals surface area (Å²) in [6, 6.07) is 10.3. The van der Waals surface area contributed by atoms with Crippen LogP contribution in [0.5, 0.6) is 0 Å². The van der Waals surface area contributed by atoms with Gasteiger partial charge in [0.25, 0.3) is 0 Å². The largest absolute Gasteiger partial charge is 0.462 e. The van der Waals surface area contributed by atoms with Crippen LogP contribution in [0.25, 0.3) is 0 Å². The Hall–Kier alpha value is -1.50. The molecule has 0 spiro atoms. The molecule has 0 aliphatic rings. The summed E-state index contributed by atoms with van der Waals surface area (Å²) in [5.41, 5.74) is 1.32. The molecule has 0 atom stereocenters. The van der Waals surface area contributed by atoms with Crippen molar-refractivity contribution in [2.24, 2.45) is 0 Å². The van der Waals surface area contributed by atoms with E-state index < -0.39 is 0 Å². The van der Waals surface area contributed by atoms with E-state index in [-0.39, 0.29) is 7.43 Å². The van der Waals surface area contributed by atoms with Gasteiger partial charge in [-0.2, -0.15) is 0 Å². The van der Waals surface area contributed by atoms with Crippen molar-refractivity contribution >= 4 is 0 Å². The molecule has 0 aliphatic carbocycles. The summed E-state index contributed by atoms with van der Waals surface area (Å²) >= 11 is 0. The minimum Gasteiger partial charge on any atom is -0.462 e. The van der Waals surface area contributed by atoms with Crippen molar-refractivity contribution in [2.45, 2.75) is 35.1 Å². The molecule has 1 aromatic rings. The summed E-state index contributed by atoms with van der Waals surface area (Å²) in [5.74, 6) is 2.24.